The molecule has 2 amide bonds. The Morgan fingerprint density at radius 3 is 2.58 bits per heavy atom. The summed E-state index contributed by atoms with van der Waals surface area (Å²) in [4.78, 5) is 24.3. The Labute approximate surface area is 176 Å². The second-order valence-electron chi connectivity index (χ2n) is 6.78. The molecule has 2 aromatic carbocycles. The van der Waals surface area contributed by atoms with Crippen LogP contribution in [-0.4, -0.2) is 33.9 Å². The number of aromatic nitrogens is 3. The number of carbonyl (C=O) groups excluding carboxylic acids is 2. The molecule has 2 aromatic heterocycles. The quantitative estimate of drug-likeness (QED) is 0.482. The van der Waals surface area contributed by atoms with Crippen LogP contribution in [-0.2, 0) is 4.74 Å². The van der Waals surface area contributed by atoms with Crippen molar-refractivity contribution in [2.45, 2.75) is 6.92 Å². The highest BCUT2D eigenvalue weighted by molar-refractivity contribution is 6.01. The lowest BCUT2D eigenvalue weighted by Crippen LogP contribution is -2.20. The van der Waals surface area contributed by atoms with Crippen LogP contribution >= 0.6 is 0 Å². The molecule has 0 fully saturated rings. The van der Waals surface area contributed by atoms with Crippen LogP contribution in [0.4, 0.5) is 20.6 Å². The van der Waals surface area contributed by atoms with E-state index < -0.39 is 17.8 Å². The van der Waals surface area contributed by atoms with Crippen molar-refractivity contribution in [1.29, 1.82) is 0 Å². The predicted octanol–water partition coefficient (Wildman–Crippen LogP) is 4.27. The summed E-state index contributed by atoms with van der Waals surface area (Å²) < 4.78 is 20.1. The van der Waals surface area contributed by atoms with Gasteiger partial charge in [-0.05, 0) is 48.4 Å². The fourth-order valence-corrected chi connectivity index (χ4v) is 3.17. The topological polar surface area (TPSA) is 97.6 Å². The minimum atomic E-state index is -0.583. The molecular formula is C22H18FN5O3. The lowest BCUT2D eigenvalue weighted by atomic mass is 10.0. The zero-order chi connectivity index (χ0) is 22.0. The number of nitrogens with one attached hydrogen (secondary N) is 2. The fourth-order valence-electron chi connectivity index (χ4n) is 3.17. The number of hydrogen-bond acceptors (Lipinski definition) is 5. The van der Waals surface area contributed by atoms with Crippen LogP contribution in [0.5, 0.6) is 0 Å². The first kappa shape index (κ1) is 20.0. The van der Waals surface area contributed by atoms with Gasteiger partial charge in [-0.3, -0.25) is 0 Å². The molecule has 2 heterocycles. The second-order valence-corrected chi connectivity index (χ2v) is 6.78. The van der Waals surface area contributed by atoms with Crippen LogP contribution in [0.3, 0.4) is 0 Å². The Kier molecular flexibility index (Phi) is 5.31. The largest absolute Gasteiger partial charge is 0.464 e. The van der Waals surface area contributed by atoms with E-state index in [0.717, 1.165) is 16.7 Å². The van der Waals surface area contributed by atoms with E-state index in [4.69, 9.17) is 4.74 Å². The monoisotopic (exact) mass is 419 g/mol. The molecule has 4 rings (SSSR count). The molecule has 0 aliphatic rings. The number of halogens is 1. The van der Waals surface area contributed by atoms with Gasteiger partial charge >= 0.3 is 12.0 Å². The van der Waals surface area contributed by atoms with Crippen molar-refractivity contribution >= 4 is 28.9 Å². The second kappa shape index (κ2) is 8.23. The van der Waals surface area contributed by atoms with Gasteiger partial charge < -0.3 is 15.4 Å². The van der Waals surface area contributed by atoms with Crippen molar-refractivity contribution in [3.8, 4) is 11.1 Å². The summed E-state index contributed by atoms with van der Waals surface area (Å²) in [5, 5.41) is 13.0. The van der Waals surface area contributed by atoms with Crippen molar-refractivity contribution in [3.63, 3.8) is 0 Å². The Bertz CT molecular complexity index is 1280. The van der Waals surface area contributed by atoms with Crippen LogP contribution in [0.2, 0.25) is 0 Å². The van der Waals surface area contributed by atoms with Gasteiger partial charge in [-0.15, -0.1) is 5.10 Å². The van der Waals surface area contributed by atoms with E-state index in [0.29, 0.717) is 11.2 Å². The molecule has 4 aromatic rings. The molecule has 0 spiro atoms. The van der Waals surface area contributed by atoms with Crippen LogP contribution < -0.4 is 10.6 Å². The third-order valence-corrected chi connectivity index (χ3v) is 4.64. The first-order valence-corrected chi connectivity index (χ1v) is 9.33. The number of benzene rings is 2. The number of pyridine rings is 1. The standard InChI is InChI=1S/C22H18FN5O3/c1-13-5-10-17(23)18(12-13)25-22(30)24-15-8-6-14(7-9-15)16-4-3-11-28-20(16)19(26-27-28)21(29)31-2/h3-12H,1-2H3,(H2,24,25,30). The smallest absolute Gasteiger partial charge is 0.360 e. The third-order valence-electron chi connectivity index (χ3n) is 4.64. The molecule has 0 saturated carbocycles. The van der Waals surface area contributed by atoms with Gasteiger partial charge in [0, 0.05) is 17.4 Å². The molecule has 2 N–H and O–H groups in total. The normalized spacial score (nSPS) is 10.7. The van der Waals surface area contributed by atoms with Gasteiger partial charge in [-0.25, -0.2) is 18.5 Å². The van der Waals surface area contributed by atoms with Gasteiger partial charge in [0.05, 0.1) is 12.8 Å². The maximum Gasteiger partial charge on any atom is 0.360 e. The van der Waals surface area contributed by atoms with Crippen molar-refractivity contribution in [2.24, 2.45) is 0 Å². The number of rotatable bonds is 4. The van der Waals surface area contributed by atoms with E-state index in [-0.39, 0.29) is 11.4 Å². The zero-order valence-electron chi connectivity index (χ0n) is 16.7. The van der Waals surface area contributed by atoms with Gasteiger partial charge in [0.2, 0.25) is 0 Å². The lowest BCUT2D eigenvalue weighted by Gasteiger charge is -2.10. The third kappa shape index (κ3) is 4.06. The number of urea groups is 1. The molecule has 0 saturated heterocycles. The van der Waals surface area contributed by atoms with Crippen molar-refractivity contribution in [1.82, 2.24) is 14.8 Å². The average molecular weight is 419 g/mol. The molecular weight excluding hydrogens is 401 g/mol. The highest BCUT2D eigenvalue weighted by Crippen LogP contribution is 2.27. The summed E-state index contributed by atoms with van der Waals surface area (Å²) in [5.74, 6) is -1.10. The van der Waals surface area contributed by atoms with Crippen LogP contribution in [0.15, 0.2) is 60.8 Å². The predicted molar refractivity (Wildman–Crippen MR) is 114 cm³/mol. The Balaban J connectivity index is 1.56. The molecule has 0 radical (unpaired) electrons. The van der Waals surface area contributed by atoms with Crippen molar-refractivity contribution in [2.75, 3.05) is 17.7 Å². The maximum atomic E-state index is 13.8. The first-order chi connectivity index (χ1) is 15.0. The highest BCUT2D eigenvalue weighted by atomic mass is 19.1. The minimum Gasteiger partial charge on any atom is -0.464 e. The number of anilines is 2. The van der Waals surface area contributed by atoms with Crippen molar-refractivity contribution < 1.29 is 18.7 Å². The summed E-state index contributed by atoms with van der Waals surface area (Å²) in [6.07, 6.45) is 1.68. The summed E-state index contributed by atoms with van der Waals surface area (Å²) in [7, 11) is 1.28. The molecule has 0 aliphatic heterocycles. The SMILES string of the molecule is COC(=O)c1nnn2cccc(-c3ccc(NC(=O)Nc4cc(C)ccc4F)cc3)c12. The van der Waals surface area contributed by atoms with E-state index in [1.54, 1.807) is 48.7 Å². The first-order valence-electron chi connectivity index (χ1n) is 9.33. The molecule has 0 bridgehead atoms. The number of carbonyl (C=O) groups is 2. The number of methoxy groups -OCH3 is 1. The minimum absolute atomic E-state index is 0.101. The van der Waals surface area contributed by atoms with Crippen LogP contribution in [0.1, 0.15) is 16.1 Å². The van der Waals surface area contributed by atoms with Gasteiger partial charge in [-0.2, -0.15) is 0 Å². The van der Waals surface area contributed by atoms with Crippen LogP contribution in [0, 0.1) is 12.7 Å². The number of hydrogen-bond donors (Lipinski definition) is 2. The molecule has 9 heteroatoms. The molecule has 0 unspecified atom stereocenters. The summed E-state index contributed by atoms with van der Waals surface area (Å²) in [5.41, 5.74) is 3.59. The summed E-state index contributed by atoms with van der Waals surface area (Å²) in [6, 6.07) is 14.5. The number of esters is 1. The van der Waals surface area contributed by atoms with Gasteiger partial charge in [0.25, 0.3) is 0 Å². The zero-order valence-corrected chi connectivity index (χ0v) is 16.7. The molecule has 156 valence electrons. The van der Waals surface area contributed by atoms with E-state index in [1.807, 2.05) is 13.0 Å². The molecule has 0 aliphatic carbocycles. The summed E-state index contributed by atoms with van der Waals surface area (Å²) >= 11 is 0. The highest BCUT2D eigenvalue weighted by Gasteiger charge is 2.19. The number of aryl methyl sites for hydroxylation is 1. The van der Waals surface area contributed by atoms with Gasteiger partial charge in [-0.1, -0.05) is 29.5 Å². The fraction of sp³-hybridized carbons (Fsp3) is 0.0909. The number of fused-ring (bicyclic) bond motifs is 1. The van der Waals surface area contributed by atoms with E-state index in [2.05, 4.69) is 20.9 Å². The van der Waals surface area contributed by atoms with E-state index in [9.17, 15) is 14.0 Å². The Morgan fingerprint density at radius 1 is 1.06 bits per heavy atom. The Hall–Kier alpha value is -4.27. The maximum absolute atomic E-state index is 13.8. The van der Waals surface area contributed by atoms with Gasteiger partial charge in [0.15, 0.2) is 5.69 Å². The number of amides is 2. The number of nitrogens with zero attached hydrogens (tertiary/aromatic N) is 3. The summed E-state index contributed by atoms with van der Waals surface area (Å²) in [6.45, 7) is 1.81. The van der Waals surface area contributed by atoms with Crippen LogP contribution in [0.25, 0.3) is 16.6 Å². The molecule has 0 atom stereocenters. The van der Waals surface area contributed by atoms with E-state index in [1.165, 1.54) is 17.7 Å². The molecule has 31 heavy (non-hydrogen) atoms. The van der Waals surface area contributed by atoms with E-state index >= 15 is 0 Å². The average Bonchev–Trinajstić information content (AvgIpc) is 3.21. The van der Waals surface area contributed by atoms with Gasteiger partial charge in [0.1, 0.15) is 11.3 Å². The number of ether oxygens (including phenoxy) is 1. The van der Waals surface area contributed by atoms with Crippen molar-refractivity contribution in [3.05, 3.63) is 77.9 Å². The lowest BCUT2D eigenvalue weighted by molar-refractivity contribution is 0.0596. The molecule has 8 nitrogen and oxygen atoms in total. The Morgan fingerprint density at radius 2 is 1.84 bits per heavy atom.